The second-order valence-corrected chi connectivity index (χ2v) is 4.05. The molecule has 1 rings (SSSR count). The summed E-state index contributed by atoms with van der Waals surface area (Å²) in [6.07, 6.45) is 1.51. The predicted molar refractivity (Wildman–Crippen MR) is 57.3 cm³/mol. The van der Waals surface area contributed by atoms with E-state index in [0.717, 1.165) is 4.88 Å². The molecule has 1 aromatic rings. The summed E-state index contributed by atoms with van der Waals surface area (Å²) in [4.78, 5) is 11.7. The normalized spacial score (nSPS) is 14.0. The number of ketones is 1. The number of hydrogen-bond acceptors (Lipinski definition) is 4. The van der Waals surface area contributed by atoms with Crippen LogP contribution >= 0.6 is 11.3 Å². The van der Waals surface area contributed by atoms with Gasteiger partial charge in [0.25, 0.3) is 0 Å². The number of carbonyl (C=O) groups is 1. The van der Waals surface area contributed by atoms with Gasteiger partial charge in [0, 0.05) is 23.4 Å². The van der Waals surface area contributed by atoms with E-state index in [1.807, 2.05) is 17.5 Å². The topological polar surface area (TPSA) is 63.3 Å². The second-order valence-electron chi connectivity index (χ2n) is 3.07. The van der Waals surface area contributed by atoms with Gasteiger partial charge in [0.1, 0.15) is 0 Å². The zero-order valence-corrected chi connectivity index (χ0v) is 8.75. The zero-order chi connectivity index (χ0) is 10.6. The SMILES string of the molecule is CC(=O)/C=C(\O)CC(N)c1cccs1. The summed E-state index contributed by atoms with van der Waals surface area (Å²) >= 11 is 1.54. The number of aliphatic hydroxyl groups is 1. The van der Waals surface area contributed by atoms with E-state index < -0.39 is 0 Å². The van der Waals surface area contributed by atoms with Crippen LogP contribution in [0, 0.1) is 0 Å². The third-order valence-corrected chi connectivity index (χ3v) is 2.71. The van der Waals surface area contributed by atoms with E-state index in [1.54, 1.807) is 11.3 Å². The first-order valence-corrected chi connectivity index (χ1v) is 5.16. The van der Waals surface area contributed by atoms with Gasteiger partial charge in [-0.2, -0.15) is 0 Å². The minimum absolute atomic E-state index is 0.0402. The van der Waals surface area contributed by atoms with Crippen LogP contribution in [0.2, 0.25) is 0 Å². The summed E-state index contributed by atoms with van der Waals surface area (Å²) in [6.45, 7) is 1.40. The first-order valence-electron chi connectivity index (χ1n) is 4.28. The van der Waals surface area contributed by atoms with E-state index in [1.165, 1.54) is 13.0 Å². The molecule has 0 aromatic carbocycles. The Labute approximate surface area is 86.9 Å². The lowest BCUT2D eigenvalue weighted by Crippen LogP contribution is -2.09. The van der Waals surface area contributed by atoms with E-state index in [0.29, 0.717) is 6.42 Å². The third-order valence-electron chi connectivity index (χ3n) is 1.71. The Morgan fingerprint density at radius 1 is 1.79 bits per heavy atom. The van der Waals surface area contributed by atoms with Gasteiger partial charge in [0.2, 0.25) is 0 Å². The molecule has 3 nitrogen and oxygen atoms in total. The number of thiophene rings is 1. The van der Waals surface area contributed by atoms with Gasteiger partial charge < -0.3 is 10.8 Å². The average molecular weight is 211 g/mol. The summed E-state index contributed by atoms with van der Waals surface area (Å²) < 4.78 is 0. The Bertz CT molecular complexity index is 330. The Morgan fingerprint density at radius 3 is 3.00 bits per heavy atom. The van der Waals surface area contributed by atoms with Gasteiger partial charge in [0.15, 0.2) is 5.78 Å². The number of aliphatic hydroxyl groups excluding tert-OH is 1. The molecule has 1 heterocycles. The minimum Gasteiger partial charge on any atom is -0.512 e. The van der Waals surface area contributed by atoms with Gasteiger partial charge >= 0.3 is 0 Å². The van der Waals surface area contributed by atoms with Crippen molar-refractivity contribution in [3.63, 3.8) is 0 Å². The largest absolute Gasteiger partial charge is 0.512 e. The fourth-order valence-corrected chi connectivity index (χ4v) is 1.85. The molecule has 0 bridgehead atoms. The van der Waals surface area contributed by atoms with Crippen LogP contribution in [0.15, 0.2) is 29.3 Å². The molecular formula is C10H13NO2S. The highest BCUT2D eigenvalue weighted by Crippen LogP contribution is 2.21. The molecule has 0 aliphatic carbocycles. The Kier molecular flexibility index (Phi) is 3.85. The highest BCUT2D eigenvalue weighted by Gasteiger charge is 2.09. The maximum atomic E-state index is 10.6. The van der Waals surface area contributed by atoms with Crippen LogP contribution in [0.3, 0.4) is 0 Å². The van der Waals surface area contributed by atoms with E-state index >= 15 is 0 Å². The van der Waals surface area contributed by atoms with Crippen LogP contribution in [-0.2, 0) is 4.79 Å². The number of carbonyl (C=O) groups excluding carboxylic acids is 1. The van der Waals surface area contributed by atoms with Crippen LogP contribution in [0.5, 0.6) is 0 Å². The molecule has 0 spiro atoms. The fourth-order valence-electron chi connectivity index (χ4n) is 1.12. The van der Waals surface area contributed by atoms with E-state index in [-0.39, 0.29) is 17.6 Å². The molecule has 0 saturated heterocycles. The first kappa shape index (κ1) is 10.9. The lowest BCUT2D eigenvalue weighted by Gasteiger charge is -2.07. The van der Waals surface area contributed by atoms with Crippen LogP contribution in [0.25, 0.3) is 0 Å². The molecular weight excluding hydrogens is 198 g/mol. The molecule has 0 aliphatic heterocycles. The van der Waals surface area contributed by atoms with Gasteiger partial charge in [-0.05, 0) is 18.4 Å². The average Bonchev–Trinajstić information content (AvgIpc) is 2.53. The molecule has 14 heavy (non-hydrogen) atoms. The van der Waals surface area contributed by atoms with Crippen molar-refractivity contribution in [1.29, 1.82) is 0 Å². The van der Waals surface area contributed by atoms with Crippen molar-refractivity contribution in [2.45, 2.75) is 19.4 Å². The number of hydrogen-bond donors (Lipinski definition) is 2. The zero-order valence-electron chi connectivity index (χ0n) is 7.93. The van der Waals surface area contributed by atoms with Crippen LogP contribution in [-0.4, -0.2) is 10.9 Å². The molecule has 0 amide bonds. The summed E-state index contributed by atoms with van der Waals surface area (Å²) in [5.74, 6) is -0.126. The van der Waals surface area contributed by atoms with Crippen molar-refractivity contribution in [1.82, 2.24) is 0 Å². The first-order chi connectivity index (χ1) is 6.59. The van der Waals surface area contributed by atoms with Gasteiger partial charge in [-0.15, -0.1) is 11.3 Å². The fraction of sp³-hybridized carbons (Fsp3) is 0.300. The second kappa shape index (κ2) is 4.93. The van der Waals surface area contributed by atoms with Crippen molar-refractivity contribution >= 4 is 17.1 Å². The molecule has 1 atom stereocenters. The van der Waals surface area contributed by atoms with E-state index in [2.05, 4.69) is 0 Å². The predicted octanol–water partition coefficient (Wildman–Crippen LogP) is 2.17. The van der Waals surface area contributed by atoms with Crippen LogP contribution < -0.4 is 5.73 Å². The molecule has 1 unspecified atom stereocenters. The molecule has 0 saturated carbocycles. The van der Waals surface area contributed by atoms with E-state index in [4.69, 9.17) is 5.73 Å². The molecule has 4 heteroatoms. The van der Waals surface area contributed by atoms with Crippen molar-refractivity contribution in [3.8, 4) is 0 Å². The van der Waals surface area contributed by atoms with Gasteiger partial charge in [-0.3, -0.25) is 4.79 Å². The molecule has 0 aliphatic rings. The van der Waals surface area contributed by atoms with Gasteiger partial charge in [0.05, 0.1) is 5.76 Å². The minimum atomic E-state index is -0.231. The molecule has 76 valence electrons. The van der Waals surface area contributed by atoms with Crippen molar-refractivity contribution < 1.29 is 9.90 Å². The Hall–Kier alpha value is -1.13. The third kappa shape index (κ3) is 3.32. The number of allylic oxidation sites excluding steroid dienone is 1. The highest BCUT2D eigenvalue weighted by molar-refractivity contribution is 7.10. The molecule has 1 aromatic heterocycles. The maximum absolute atomic E-state index is 10.6. The van der Waals surface area contributed by atoms with Crippen LogP contribution in [0.1, 0.15) is 24.3 Å². The van der Waals surface area contributed by atoms with Crippen molar-refractivity contribution in [2.75, 3.05) is 0 Å². The lowest BCUT2D eigenvalue weighted by molar-refractivity contribution is -0.112. The quantitative estimate of drug-likeness (QED) is 0.592. The molecule has 0 fully saturated rings. The summed E-state index contributed by atoms with van der Waals surface area (Å²) in [6, 6.07) is 3.59. The Morgan fingerprint density at radius 2 is 2.50 bits per heavy atom. The smallest absolute Gasteiger partial charge is 0.155 e. The van der Waals surface area contributed by atoms with Crippen molar-refractivity contribution in [2.24, 2.45) is 5.73 Å². The van der Waals surface area contributed by atoms with Crippen molar-refractivity contribution in [3.05, 3.63) is 34.2 Å². The summed E-state index contributed by atoms with van der Waals surface area (Å²) in [5, 5.41) is 11.3. The molecule has 3 N–H and O–H groups in total. The number of nitrogens with two attached hydrogens (primary N) is 1. The molecule has 0 radical (unpaired) electrons. The number of rotatable bonds is 4. The van der Waals surface area contributed by atoms with Crippen LogP contribution in [0.4, 0.5) is 0 Å². The van der Waals surface area contributed by atoms with Gasteiger partial charge in [-0.25, -0.2) is 0 Å². The summed E-state index contributed by atoms with van der Waals surface area (Å²) in [5.41, 5.74) is 5.81. The monoisotopic (exact) mass is 211 g/mol. The van der Waals surface area contributed by atoms with E-state index in [9.17, 15) is 9.90 Å². The Balaban J connectivity index is 2.57. The maximum Gasteiger partial charge on any atom is 0.155 e. The lowest BCUT2D eigenvalue weighted by atomic mass is 10.1. The van der Waals surface area contributed by atoms with Gasteiger partial charge in [-0.1, -0.05) is 6.07 Å². The summed E-state index contributed by atoms with van der Waals surface area (Å²) in [7, 11) is 0. The highest BCUT2D eigenvalue weighted by atomic mass is 32.1. The standard InChI is InChI=1S/C10H13NO2S/c1-7(12)5-8(13)6-9(11)10-3-2-4-14-10/h2-5,9,13H,6,11H2,1H3/b8-5-.